The summed E-state index contributed by atoms with van der Waals surface area (Å²) in [5.74, 6) is 1.03. The molecule has 0 spiro atoms. The van der Waals surface area contributed by atoms with Gasteiger partial charge in [0.2, 0.25) is 0 Å². The van der Waals surface area contributed by atoms with Gasteiger partial charge in [0.05, 0.1) is 19.1 Å². The summed E-state index contributed by atoms with van der Waals surface area (Å²) >= 11 is 0. The van der Waals surface area contributed by atoms with E-state index in [1.54, 1.807) is 7.11 Å². The minimum Gasteiger partial charge on any atom is -0.501 e. The minimum absolute atomic E-state index is 0.0506. The third kappa shape index (κ3) is 4.68. The molecule has 0 aliphatic heterocycles. The standard InChI is InChI=1S/C27H33NO2/c1-4-30-26(20-28)18-19-27(22-8-6-5-7-9-22,23-12-10-21(2)11-13-23)24-14-16-25(29-3)17-15-24/h4-14,16,26H,1,15,17-20,28H2,2-3H3. The van der Waals surface area contributed by atoms with Crippen LogP contribution in [0.4, 0.5) is 0 Å². The fourth-order valence-corrected chi connectivity index (χ4v) is 4.45. The molecule has 158 valence electrons. The molecule has 0 radical (unpaired) electrons. The number of methoxy groups -OCH3 is 1. The Kier molecular flexibility index (Phi) is 7.53. The van der Waals surface area contributed by atoms with Gasteiger partial charge in [0.25, 0.3) is 0 Å². The first kappa shape index (κ1) is 21.9. The number of hydrogen-bond donors (Lipinski definition) is 1. The van der Waals surface area contributed by atoms with E-state index in [0.29, 0.717) is 6.54 Å². The van der Waals surface area contributed by atoms with Crippen molar-refractivity contribution in [2.45, 2.75) is 44.1 Å². The van der Waals surface area contributed by atoms with Crippen LogP contribution in [0.25, 0.3) is 0 Å². The van der Waals surface area contributed by atoms with Crippen molar-refractivity contribution in [1.82, 2.24) is 0 Å². The monoisotopic (exact) mass is 403 g/mol. The van der Waals surface area contributed by atoms with Gasteiger partial charge in [0, 0.05) is 18.4 Å². The molecular weight excluding hydrogens is 370 g/mol. The summed E-state index contributed by atoms with van der Waals surface area (Å²) in [7, 11) is 1.74. The van der Waals surface area contributed by atoms with Gasteiger partial charge in [-0.1, -0.05) is 78.4 Å². The number of nitrogens with two attached hydrogens (primary N) is 1. The second kappa shape index (κ2) is 10.3. The van der Waals surface area contributed by atoms with Gasteiger partial charge >= 0.3 is 0 Å². The zero-order valence-corrected chi connectivity index (χ0v) is 18.1. The summed E-state index contributed by atoms with van der Waals surface area (Å²) in [6.45, 7) is 6.31. The van der Waals surface area contributed by atoms with Gasteiger partial charge in [0.1, 0.15) is 6.10 Å². The Morgan fingerprint density at radius 3 is 2.30 bits per heavy atom. The maximum absolute atomic E-state index is 5.99. The van der Waals surface area contributed by atoms with Crippen molar-refractivity contribution < 1.29 is 9.47 Å². The van der Waals surface area contributed by atoms with E-state index in [2.05, 4.69) is 80.3 Å². The molecule has 2 N–H and O–H groups in total. The van der Waals surface area contributed by atoms with Crippen LogP contribution in [0, 0.1) is 6.92 Å². The van der Waals surface area contributed by atoms with Gasteiger partial charge in [-0.25, -0.2) is 0 Å². The Bertz CT molecular complexity index is 883. The summed E-state index contributed by atoms with van der Waals surface area (Å²) < 4.78 is 11.2. The quantitative estimate of drug-likeness (QED) is 0.510. The highest BCUT2D eigenvalue weighted by molar-refractivity contribution is 5.51. The van der Waals surface area contributed by atoms with Crippen molar-refractivity contribution in [1.29, 1.82) is 0 Å². The molecule has 2 atom stereocenters. The van der Waals surface area contributed by atoms with Gasteiger partial charge in [0.15, 0.2) is 0 Å². The second-order valence-electron chi connectivity index (χ2n) is 7.87. The van der Waals surface area contributed by atoms with Crippen molar-refractivity contribution in [2.24, 2.45) is 5.73 Å². The minimum atomic E-state index is -0.247. The maximum atomic E-state index is 5.99. The number of hydrogen-bond acceptors (Lipinski definition) is 3. The lowest BCUT2D eigenvalue weighted by Crippen LogP contribution is -2.34. The van der Waals surface area contributed by atoms with Crippen molar-refractivity contribution in [3.63, 3.8) is 0 Å². The molecule has 0 fully saturated rings. The fraction of sp³-hybridized carbons (Fsp3) is 0.333. The van der Waals surface area contributed by atoms with Gasteiger partial charge in [-0.2, -0.15) is 0 Å². The number of rotatable bonds is 10. The fourth-order valence-electron chi connectivity index (χ4n) is 4.45. The van der Waals surface area contributed by atoms with Gasteiger partial charge in [-0.3, -0.25) is 0 Å². The average Bonchev–Trinajstić information content (AvgIpc) is 2.80. The zero-order valence-electron chi connectivity index (χ0n) is 18.1. The van der Waals surface area contributed by atoms with Crippen LogP contribution in [0.15, 0.2) is 90.9 Å². The molecule has 30 heavy (non-hydrogen) atoms. The third-order valence-corrected chi connectivity index (χ3v) is 6.13. The Labute approximate surface area is 180 Å². The molecule has 1 aliphatic rings. The molecule has 0 heterocycles. The van der Waals surface area contributed by atoms with E-state index in [1.807, 2.05) is 0 Å². The lowest BCUT2D eigenvalue weighted by molar-refractivity contribution is 0.136. The number of allylic oxidation sites excluding steroid dienone is 4. The van der Waals surface area contributed by atoms with Crippen LogP contribution in [0.1, 0.15) is 42.4 Å². The number of ether oxygens (including phenoxy) is 2. The number of benzene rings is 2. The molecule has 0 aromatic heterocycles. The Hall–Kier alpha value is -2.78. The van der Waals surface area contributed by atoms with Crippen molar-refractivity contribution >= 4 is 0 Å². The largest absolute Gasteiger partial charge is 0.501 e. The summed E-state index contributed by atoms with van der Waals surface area (Å²) in [6, 6.07) is 19.7. The third-order valence-electron chi connectivity index (χ3n) is 6.13. The first-order valence-electron chi connectivity index (χ1n) is 10.7. The van der Waals surface area contributed by atoms with E-state index in [4.69, 9.17) is 15.2 Å². The van der Waals surface area contributed by atoms with E-state index >= 15 is 0 Å². The molecule has 2 unspecified atom stereocenters. The van der Waals surface area contributed by atoms with Crippen molar-refractivity contribution in [2.75, 3.05) is 13.7 Å². The van der Waals surface area contributed by atoms with Crippen LogP contribution < -0.4 is 5.73 Å². The Morgan fingerprint density at radius 2 is 1.73 bits per heavy atom. The van der Waals surface area contributed by atoms with E-state index in [1.165, 1.54) is 28.5 Å². The topological polar surface area (TPSA) is 44.5 Å². The van der Waals surface area contributed by atoms with E-state index in [0.717, 1.165) is 31.4 Å². The van der Waals surface area contributed by atoms with Crippen molar-refractivity contribution in [3.05, 3.63) is 108 Å². The van der Waals surface area contributed by atoms with Crippen LogP contribution in [-0.4, -0.2) is 19.8 Å². The smallest absolute Gasteiger partial charge is 0.110 e. The van der Waals surface area contributed by atoms with Crippen LogP contribution in [-0.2, 0) is 14.9 Å². The van der Waals surface area contributed by atoms with Crippen LogP contribution in [0.2, 0.25) is 0 Å². The summed E-state index contributed by atoms with van der Waals surface area (Å²) in [6.07, 6.45) is 9.42. The number of aryl methyl sites for hydroxylation is 1. The summed E-state index contributed by atoms with van der Waals surface area (Å²) in [5, 5.41) is 0. The molecule has 0 amide bonds. The molecule has 0 bridgehead atoms. The lowest BCUT2D eigenvalue weighted by Gasteiger charge is -2.40. The van der Waals surface area contributed by atoms with Crippen LogP contribution >= 0.6 is 0 Å². The molecule has 2 aromatic rings. The highest BCUT2D eigenvalue weighted by Crippen LogP contribution is 2.46. The molecule has 3 heteroatoms. The molecule has 3 rings (SSSR count). The molecule has 1 aliphatic carbocycles. The highest BCUT2D eigenvalue weighted by atomic mass is 16.5. The van der Waals surface area contributed by atoms with Crippen molar-refractivity contribution in [3.8, 4) is 0 Å². The molecule has 2 aromatic carbocycles. The van der Waals surface area contributed by atoms with E-state index < -0.39 is 0 Å². The van der Waals surface area contributed by atoms with E-state index in [9.17, 15) is 0 Å². The predicted molar refractivity (Wildman–Crippen MR) is 124 cm³/mol. The molecular formula is C27H33NO2. The first-order chi connectivity index (χ1) is 14.6. The molecule has 3 nitrogen and oxygen atoms in total. The lowest BCUT2D eigenvalue weighted by atomic mass is 9.64. The Balaban J connectivity index is 2.15. The van der Waals surface area contributed by atoms with Crippen LogP contribution in [0.5, 0.6) is 0 Å². The normalized spacial score (nSPS) is 16.6. The van der Waals surface area contributed by atoms with Gasteiger partial charge in [-0.05, 0) is 43.4 Å². The van der Waals surface area contributed by atoms with Crippen LogP contribution in [0.3, 0.4) is 0 Å². The highest BCUT2D eigenvalue weighted by Gasteiger charge is 2.38. The SMILES string of the molecule is C=COC(CN)CCC(C1=CC=C(OC)CC1)(c1ccccc1)c1ccc(C)cc1. The maximum Gasteiger partial charge on any atom is 0.110 e. The van der Waals surface area contributed by atoms with E-state index in [-0.39, 0.29) is 11.5 Å². The average molecular weight is 404 g/mol. The zero-order chi connectivity index (χ0) is 21.4. The first-order valence-corrected chi connectivity index (χ1v) is 10.7. The molecule has 0 saturated carbocycles. The second-order valence-corrected chi connectivity index (χ2v) is 7.87. The molecule has 0 saturated heterocycles. The summed E-state index contributed by atoms with van der Waals surface area (Å²) in [4.78, 5) is 0. The Morgan fingerprint density at radius 1 is 1.03 bits per heavy atom. The summed E-state index contributed by atoms with van der Waals surface area (Å²) in [5.41, 5.74) is 11.0. The van der Waals surface area contributed by atoms with Gasteiger partial charge < -0.3 is 15.2 Å². The van der Waals surface area contributed by atoms with Gasteiger partial charge in [-0.15, -0.1) is 0 Å². The predicted octanol–water partition coefficient (Wildman–Crippen LogP) is 5.80.